The van der Waals surface area contributed by atoms with Crippen LogP contribution in [0.15, 0.2) is 59.3 Å². The second-order valence-electron chi connectivity index (χ2n) is 4.78. The third-order valence-electron chi connectivity index (χ3n) is 3.10. The van der Waals surface area contributed by atoms with E-state index in [0.29, 0.717) is 16.2 Å². The molecule has 5 nitrogen and oxygen atoms in total. The molecular formula is C16H13BrN4O. The minimum absolute atomic E-state index is 0.242. The zero-order chi connectivity index (χ0) is 15.5. The highest BCUT2D eigenvalue weighted by Gasteiger charge is 2.16. The molecule has 0 fully saturated rings. The van der Waals surface area contributed by atoms with Crippen LogP contribution in [0, 0.1) is 6.92 Å². The molecule has 0 bridgehead atoms. The maximum atomic E-state index is 12.5. The number of anilines is 2. The van der Waals surface area contributed by atoms with Crippen LogP contribution in [0.1, 0.15) is 15.9 Å². The van der Waals surface area contributed by atoms with Gasteiger partial charge in [0.25, 0.3) is 5.91 Å². The van der Waals surface area contributed by atoms with E-state index in [9.17, 15) is 4.79 Å². The van der Waals surface area contributed by atoms with Gasteiger partial charge in [0.2, 0.25) is 10.7 Å². The molecule has 3 aromatic rings. The SMILES string of the molecule is Cc1ccc(Nc2nc(Br)nn2C(=O)c2ccccc2)cc1. The van der Waals surface area contributed by atoms with Gasteiger partial charge in [-0.25, -0.2) is 0 Å². The van der Waals surface area contributed by atoms with Gasteiger partial charge in [0.15, 0.2) is 0 Å². The first-order valence-corrected chi connectivity index (χ1v) is 7.49. The molecule has 1 heterocycles. The predicted molar refractivity (Wildman–Crippen MR) is 88.4 cm³/mol. The minimum atomic E-state index is -0.242. The first kappa shape index (κ1) is 14.5. The van der Waals surface area contributed by atoms with E-state index >= 15 is 0 Å². The van der Waals surface area contributed by atoms with Crippen LogP contribution in [-0.2, 0) is 0 Å². The lowest BCUT2D eigenvalue weighted by Crippen LogP contribution is -2.16. The molecule has 3 rings (SSSR count). The molecule has 22 heavy (non-hydrogen) atoms. The van der Waals surface area contributed by atoms with Gasteiger partial charge in [-0.05, 0) is 47.1 Å². The molecule has 0 atom stereocenters. The number of aromatic nitrogens is 3. The van der Waals surface area contributed by atoms with Crippen LogP contribution in [-0.4, -0.2) is 20.7 Å². The number of aryl methyl sites for hydroxylation is 1. The molecule has 0 radical (unpaired) electrons. The van der Waals surface area contributed by atoms with Crippen molar-refractivity contribution in [2.75, 3.05) is 5.32 Å². The molecule has 0 unspecified atom stereocenters. The average Bonchev–Trinajstić information content (AvgIpc) is 2.90. The summed E-state index contributed by atoms with van der Waals surface area (Å²) in [6, 6.07) is 16.8. The van der Waals surface area contributed by atoms with E-state index in [1.54, 1.807) is 12.1 Å². The van der Waals surface area contributed by atoms with Gasteiger partial charge >= 0.3 is 0 Å². The second kappa shape index (κ2) is 6.11. The van der Waals surface area contributed by atoms with Gasteiger partial charge in [-0.15, -0.1) is 5.10 Å². The van der Waals surface area contributed by atoms with Gasteiger partial charge in [0, 0.05) is 11.3 Å². The molecule has 0 spiro atoms. The van der Waals surface area contributed by atoms with Crippen molar-refractivity contribution >= 4 is 33.5 Å². The summed E-state index contributed by atoms with van der Waals surface area (Å²) in [5.74, 6) is 0.123. The molecule has 1 N–H and O–H groups in total. The number of carbonyl (C=O) groups is 1. The zero-order valence-corrected chi connectivity index (χ0v) is 13.4. The predicted octanol–water partition coefficient (Wildman–Crippen LogP) is 3.78. The first-order chi connectivity index (χ1) is 10.6. The number of nitrogens with one attached hydrogen (secondary N) is 1. The minimum Gasteiger partial charge on any atom is -0.324 e. The molecule has 0 saturated heterocycles. The van der Waals surface area contributed by atoms with Crippen molar-refractivity contribution in [1.82, 2.24) is 14.8 Å². The van der Waals surface area contributed by atoms with Crippen LogP contribution < -0.4 is 5.32 Å². The van der Waals surface area contributed by atoms with Crippen LogP contribution in [0.4, 0.5) is 11.6 Å². The van der Waals surface area contributed by atoms with Crippen molar-refractivity contribution < 1.29 is 4.79 Å². The molecule has 110 valence electrons. The van der Waals surface area contributed by atoms with E-state index in [-0.39, 0.29) is 5.91 Å². The van der Waals surface area contributed by atoms with Crippen molar-refractivity contribution in [3.63, 3.8) is 0 Å². The fourth-order valence-electron chi connectivity index (χ4n) is 1.98. The Morgan fingerprint density at radius 3 is 2.45 bits per heavy atom. The zero-order valence-electron chi connectivity index (χ0n) is 11.8. The smallest absolute Gasteiger partial charge is 0.281 e. The Kier molecular flexibility index (Phi) is 4.02. The third-order valence-corrected chi connectivity index (χ3v) is 3.44. The van der Waals surface area contributed by atoms with Crippen molar-refractivity contribution in [2.45, 2.75) is 6.92 Å². The third kappa shape index (κ3) is 3.07. The van der Waals surface area contributed by atoms with Crippen LogP contribution in [0.2, 0.25) is 0 Å². The summed E-state index contributed by atoms with van der Waals surface area (Å²) in [5.41, 5.74) is 2.55. The lowest BCUT2D eigenvalue weighted by atomic mass is 10.2. The Balaban J connectivity index is 1.93. The highest BCUT2D eigenvalue weighted by Crippen LogP contribution is 2.18. The quantitative estimate of drug-likeness (QED) is 0.775. The second-order valence-corrected chi connectivity index (χ2v) is 5.49. The van der Waals surface area contributed by atoms with E-state index in [2.05, 4.69) is 31.3 Å². The summed E-state index contributed by atoms with van der Waals surface area (Å²) >= 11 is 3.21. The van der Waals surface area contributed by atoms with Crippen LogP contribution in [0.25, 0.3) is 0 Å². The van der Waals surface area contributed by atoms with Gasteiger partial charge in [0.1, 0.15) is 0 Å². The number of benzene rings is 2. The van der Waals surface area contributed by atoms with Crippen molar-refractivity contribution in [1.29, 1.82) is 0 Å². The number of carbonyl (C=O) groups excluding carboxylic acids is 1. The molecule has 0 aliphatic heterocycles. The summed E-state index contributed by atoms with van der Waals surface area (Å²) in [7, 11) is 0. The van der Waals surface area contributed by atoms with Crippen molar-refractivity contribution in [3.05, 3.63) is 70.5 Å². The lowest BCUT2D eigenvalue weighted by Gasteiger charge is -2.07. The molecule has 0 aliphatic carbocycles. The Morgan fingerprint density at radius 1 is 1.09 bits per heavy atom. The Hall–Kier alpha value is -2.47. The first-order valence-electron chi connectivity index (χ1n) is 6.69. The fourth-order valence-corrected chi connectivity index (χ4v) is 2.31. The molecule has 0 aliphatic rings. The van der Waals surface area contributed by atoms with Crippen LogP contribution in [0.5, 0.6) is 0 Å². The average molecular weight is 357 g/mol. The molecular weight excluding hydrogens is 344 g/mol. The molecule has 1 aromatic heterocycles. The van der Waals surface area contributed by atoms with E-state index in [1.807, 2.05) is 49.4 Å². The number of halogens is 1. The fraction of sp³-hybridized carbons (Fsp3) is 0.0625. The van der Waals surface area contributed by atoms with Gasteiger partial charge in [-0.3, -0.25) is 4.79 Å². The highest BCUT2D eigenvalue weighted by atomic mass is 79.9. The topological polar surface area (TPSA) is 59.8 Å². The van der Waals surface area contributed by atoms with Crippen LogP contribution >= 0.6 is 15.9 Å². The monoisotopic (exact) mass is 356 g/mol. The maximum absolute atomic E-state index is 12.5. The van der Waals surface area contributed by atoms with Gasteiger partial charge < -0.3 is 5.32 Å². The maximum Gasteiger partial charge on any atom is 0.281 e. The Bertz CT molecular complexity index is 797. The summed E-state index contributed by atoms with van der Waals surface area (Å²) in [6.45, 7) is 2.02. The normalized spacial score (nSPS) is 10.5. The Labute approximate surface area is 136 Å². The lowest BCUT2D eigenvalue weighted by molar-refractivity contribution is 0.0947. The Morgan fingerprint density at radius 2 is 1.77 bits per heavy atom. The van der Waals surface area contributed by atoms with Gasteiger partial charge in [0.05, 0.1) is 0 Å². The standard InChI is InChI=1S/C16H13BrN4O/c1-11-7-9-13(10-8-11)18-16-19-15(17)20-21(16)14(22)12-5-3-2-4-6-12/h2-10H,1H3,(H,18,19,20). The van der Waals surface area contributed by atoms with E-state index < -0.39 is 0 Å². The molecule has 2 aromatic carbocycles. The van der Waals surface area contributed by atoms with Crippen molar-refractivity contribution in [3.8, 4) is 0 Å². The van der Waals surface area contributed by atoms with Gasteiger partial charge in [-0.1, -0.05) is 35.9 Å². The largest absolute Gasteiger partial charge is 0.324 e. The van der Waals surface area contributed by atoms with E-state index in [4.69, 9.17) is 0 Å². The molecule has 6 heteroatoms. The number of hydrogen-bond acceptors (Lipinski definition) is 4. The summed E-state index contributed by atoms with van der Waals surface area (Å²) < 4.78 is 1.60. The highest BCUT2D eigenvalue weighted by molar-refractivity contribution is 9.10. The number of nitrogens with zero attached hydrogens (tertiary/aromatic N) is 3. The summed E-state index contributed by atoms with van der Waals surface area (Å²) in [5, 5.41) is 7.22. The summed E-state index contributed by atoms with van der Waals surface area (Å²) in [4.78, 5) is 16.7. The summed E-state index contributed by atoms with van der Waals surface area (Å²) in [6.07, 6.45) is 0. The van der Waals surface area contributed by atoms with E-state index in [0.717, 1.165) is 11.3 Å². The number of rotatable bonds is 3. The van der Waals surface area contributed by atoms with Gasteiger partial charge in [-0.2, -0.15) is 9.67 Å². The number of hydrogen-bond donors (Lipinski definition) is 1. The van der Waals surface area contributed by atoms with E-state index in [1.165, 1.54) is 4.68 Å². The van der Waals surface area contributed by atoms with Crippen molar-refractivity contribution in [2.24, 2.45) is 0 Å². The molecule has 0 saturated carbocycles. The molecule has 0 amide bonds. The van der Waals surface area contributed by atoms with Crippen LogP contribution in [0.3, 0.4) is 0 Å².